The molecule has 0 amide bonds. The third kappa shape index (κ3) is 3.46. The van der Waals surface area contributed by atoms with Crippen LogP contribution in [0.1, 0.15) is 12.5 Å². The monoisotopic (exact) mass is 262 g/mol. The predicted molar refractivity (Wildman–Crippen MR) is 60.7 cm³/mol. The van der Waals surface area contributed by atoms with Gasteiger partial charge in [0.1, 0.15) is 6.54 Å². The number of hydrogen-bond donors (Lipinski definition) is 1. The first kappa shape index (κ1) is 13.4. The molecule has 0 bridgehead atoms. The van der Waals surface area contributed by atoms with Crippen LogP contribution in [0.4, 0.5) is 13.2 Å². The summed E-state index contributed by atoms with van der Waals surface area (Å²) in [5.41, 5.74) is 6.69. The van der Waals surface area contributed by atoms with Crippen LogP contribution in [0.3, 0.4) is 0 Å². The van der Waals surface area contributed by atoms with Gasteiger partial charge >= 0.3 is 6.18 Å². The lowest BCUT2D eigenvalue weighted by Gasteiger charge is -2.13. The highest BCUT2D eigenvalue weighted by Gasteiger charge is 2.29. The lowest BCUT2D eigenvalue weighted by Crippen LogP contribution is -2.28. The van der Waals surface area contributed by atoms with Crippen molar-refractivity contribution in [2.45, 2.75) is 32.2 Å². The molecule has 0 aliphatic carbocycles. The van der Waals surface area contributed by atoms with Crippen LogP contribution in [-0.4, -0.2) is 40.0 Å². The van der Waals surface area contributed by atoms with Crippen LogP contribution in [0, 0.1) is 5.92 Å². The first-order valence-electron chi connectivity index (χ1n) is 5.89. The fourth-order valence-electron chi connectivity index (χ4n) is 2.24. The van der Waals surface area contributed by atoms with E-state index in [-0.39, 0.29) is 6.04 Å². The highest BCUT2D eigenvalue weighted by Crippen LogP contribution is 2.19. The number of nitrogens with zero attached hydrogens (tertiary/aromatic N) is 3. The zero-order chi connectivity index (χ0) is 13.3. The van der Waals surface area contributed by atoms with E-state index in [4.69, 9.17) is 5.73 Å². The van der Waals surface area contributed by atoms with E-state index in [1.807, 2.05) is 0 Å². The molecule has 1 fully saturated rings. The maximum absolute atomic E-state index is 12.2. The summed E-state index contributed by atoms with van der Waals surface area (Å²) in [5, 5.41) is 3.72. The summed E-state index contributed by atoms with van der Waals surface area (Å²) in [6, 6.07) is 0.148. The van der Waals surface area contributed by atoms with Gasteiger partial charge < -0.3 is 5.73 Å². The molecule has 1 aliphatic rings. The molecule has 2 heterocycles. The van der Waals surface area contributed by atoms with Crippen LogP contribution in [0.5, 0.6) is 0 Å². The van der Waals surface area contributed by atoms with Gasteiger partial charge in [0, 0.05) is 37.4 Å². The first-order valence-corrected chi connectivity index (χ1v) is 5.89. The number of alkyl halides is 3. The molecule has 1 saturated heterocycles. The minimum absolute atomic E-state index is 0.148. The van der Waals surface area contributed by atoms with Crippen molar-refractivity contribution in [3.05, 3.63) is 18.0 Å². The molecule has 1 aromatic heterocycles. The quantitative estimate of drug-likeness (QED) is 0.891. The van der Waals surface area contributed by atoms with Crippen LogP contribution >= 0.6 is 0 Å². The van der Waals surface area contributed by atoms with Crippen LogP contribution in [0.2, 0.25) is 0 Å². The maximum atomic E-state index is 12.2. The number of hydrogen-bond acceptors (Lipinski definition) is 3. The van der Waals surface area contributed by atoms with E-state index in [1.165, 1.54) is 12.4 Å². The van der Waals surface area contributed by atoms with Gasteiger partial charge in [0.15, 0.2) is 0 Å². The molecule has 4 nitrogen and oxygen atoms in total. The Balaban J connectivity index is 1.91. The summed E-state index contributed by atoms with van der Waals surface area (Å²) in [4.78, 5) is 2.14. The summed E-state index contributed by atoms with van der Waals surface area (Å²) in [6.07, 6.45) is -1.30. The van der Waals surface area contributed by atoms with Gasteiger partial charge in [-0.25, -0.2) is 0 Å². The number of likely N-dealkylation sites (tertiary alicyclic amines) is 1. The van der Waals surface area contributed by atoms with Gasteiger partial charge in [0.25, 0.3) is 0 Å². The highest BCUT2D eigenvalue weighted by atomic mass is 19.4. The maximum Gasteiger partial charge on any atom is 0.408 e. The van der Waals surface area contributed by atoms with Gasteiger partial charge in [-0.2, -0.15) is 18.3 Å². The normalized spacial score (nSPS) is 25.8. The Labute approximate surface area is 104 Å². The minimum Gasteiger partial charge on any atom is -0.326 e. The molecule has 2 unspecified atom stereocenters. The molecule has 102 valence electrons. The summed E-state index contributed by atoms with van der Waals surface area (Å²) >= 11 is 0. The zero-order valence-corrected chi connectivity index (χ0v) is 10.2. The van der Waals surface area contributed by atoms with Gasteiger partial charge in [-0.3, -0.25) is 9.58 Å². The highest BCUT2D eigenvalue weighted by molar-refractivity contribution is 5.05. The smallest absolute Gasteiger partial charge is 0.326 e. The Kier molecular flexibility index (Phi) is 3.63. The lowest BCUT2D eigenvalue weighted by molar-refractivity contribution is -0.142. The third-order valence-corrected chi connectivity index (χ3v) is 3.18. The van der Waals surface area contributed by atoms with E-state index in [2.05, 4.69) is 16.9 Å². The van der Waals surface area contributed by atoms with Crippen molar-refractivity contribution in [3.63, 3.8) is 0 Å². The van der Waals surface area contributed by atoms with E-state index in [1.54, 1.807) is 0 Å². The van der Waals surface area contributed by atoms with Crippen molar-refractivity contribution in [1.82, 2.24) is 14.7 Å². The molecule has 0 aromatic carbocycles. The second-order valence-corrected chi connectivity index (χ2v) is 5.00. The Hall–Kier alpha value is -1.08. The summed E-state index contributed by atoms with van der Waals surface area (Å²) in [5.74, 6) is 0.426. The van der Waals surface area contributed by atoms with E-state index in [9.17, 15) is 13.2 Å². The van der Waals surface area contributed by atoms with Crippen molar-refractivity contribution < 1.29 is 13.2 Å². The summed E-state index contributed by atoms with van der Waals surface area (Å²) in [7, 11) is 0. The minimum atomic E-state index is -4.23. The van der Waals surface area contributed by atoms with Crippen molar-refractivity contribution in [1.29, 1.82) is 0 Å². The van der Waals surface area contributed by atoms with Crippen LogP contribution < -0.4 is 5.73 Å². The van der Waals surface area contributed by atoms with Gasteiger partial charge in [-0.15, -0.1) is 0 Å². The third-order valence-electron chi connectivity index (χ3n) is 3.18. The molecule has 1 aliphatic heterocycles. The molecule has 2 rings (SSSR count). The number of nitrogens with two attached hydrogens (primary N) is 1. The zero-order valence-electron chi connectivity index (χ0n) is 10.2. The standard InChI is InChI=1S/C11H17F3N4/c1-8-3-17(6-10(8)15)4-9-2-16-18(5-9)7-11(12,13)14/h2,5,8,10H,3-4,6-7,15H2,1H3. The van der Waals surface area contributed by atoms with Crippen molar-refractivity contribution >= 4 is 0 Å². The van der Waals surface area contributed by atoms with Crippen molar-refractivity contribution in [3.8, 4) is 0 Å². The number of halogens is 3. The molecule has 0 radical (unpaired) electrons. The molecule has 0 spiro atoms. The Bertz CT molecular complexity index is 391. The Morgan fingerprint density at radius 2 is 2.17 bits per heavy atom. The summed E-state index contributed by atoms with van der Waals surface area (Å²) < 4.78 is 37.4. The average Bonchev–Trinajstić information content (AvgIpc) is 2.73. The molecule has 2 N–H and O–H groups in total. The molecule has 18 heavy (non-hydrogen) atoms. The second kappa shape index (κ2) is 4.89. The Morgan fingerprint density at radius 3 is 2.72 bits per heavy atom. The molecule has 2 atom stereocenters. The van der Waals surface area contributed by atoms with Gasteiger partial charge in [0.2, 0.25) is 0 Å². The van der Waals surface area contributed by atoms with Gasteiger partial charge in [0.05, 0.1) is 6.20 Å². The molecule has 7 heteroatoms. The lowest BCUT2D eigenvalue weighted by atomic mass is 10.1. The molecule has 0 saturated carbocycles. The average molecular weight is 262 g/mol. The first-order chi connectivity index (χ1) is 8.33. The fourth-order valence-corrected chi connectivity index (χ4v) is 2.24. The fraction of sp³-hybridized carbons (Fsp3) is 0.727. The van der Waals surface area contributed by atoms with Crippen molar-refractivity contribution in [2.75, 3.05) is 13.1 Å². The van der Waals surface area contributed by atoms with Gasteiger partial charge in [-0.1, -0.05) is 6.92 Å². The summed E-state index contributed by atoms with van der Waals surface area (Å²) in [6.45, 7) is 3.31. The predicted octanol–water partition coefficient (Wildman–Crippen LogP) is 1.22. The number of rotatable bonds is 3. The molecular formula is C11H17F3N4. The number of aromatic nitrogens is 2. The largest absolute Gasteiger partial charge is 0.408 e. The van der Waals surface area contributed by atoms with Crippen LogP contribution in [-0.2, 0) is 13.1 Å². The van der Waals surface area contributed by atoms with E-state index in [0.717, 1.165) is 23.3 Å². The SMILES string of the molecule is CC1CN(Cc2cnn(CC(F)(F)F)c2)CC1N. The topological polar surface area (TPSA) is 47.1 Å². The van der Waals surface area contributed by atoms with E-state index >= 15 is 0 Å². The Morgan fingerprint density at radius 1 is 1.44 bits per heavy atom. The van der Waals surface area contributed by atoms with E-state index in [0.29, 0.717) is 12.5 Å². The molecule has 1 aromatic rings. The van der Waals surface area contributed by atoms with Gasteiger partial charge in [-0.05, 0) is 5.92 Å². The van der Waals surface area contributed by atoms with Crippen molar-refractivity contribution in [2.24, 2.45) is 11.7 Å². The van der Waals surface area contributed by atoms with Crippen LogP contribution in [0.15, 0.2) is 12.4 Å². The van der Waals surface area contributed by atoms with E-state index < -0.39 is 12.7 Å². The second-order valence-electron chi connectivity index (χ2n) is 5.00. The molecular weight excluding hydrogens is 245 g/mol. The van der Waals surface area contributed by atoms with Crippen LogP contribution in [0.25, 0.3) is 0 Å².